The van der Waals surface area contributed by atoms with Gasteiger partial charge in [0.05, 0.1) is 13.2 Å². The van der Waals surface area contributed by atoms with Gasteiger partial charge in [-0.3, -0.25) is 9.69 Å². The summed E-state index contributed by atoms with van der Waals surface area (Å²) in [6.45, 7) is 6.41. The van der Waals surface area contributed by atoms with Crippen LogP contribution >= 0.6 is 0 Å². The summed E-state index contributed by atoms with van der Waals surface area (Å²) in [4.78, 5) is 17.0. The number of amides is 1. The van der Waals surface area contributed by atoms with Crippen molar-refractivity contribution in [2.75, 3.05) is 39.3 Å². The zero-order chi connectivity index (χ0) is 17.7. The number of rotatable bonds is 5. The van der Waals surface area contributed by atoms with Crippen molar-refractivity contribution in [3.05, 3.63) is 35.9 Å². The minimum Gasteiger partial charge on any atom is -0.396 e. The lowest BCUT2D eigenvalue weighted by molar-refractivity contribution is -0.137. The Morgan fingerprint density at radius 2 is 1.92 bits per heavy atom. The van der Waals surface area contributed by atoms with E-state index in [2.05, 4.69) is 42.2 Å². The minimum absolute atomic E-state index is 0.0752. The maximum absolute atomic E-state index is 12.7. The predicted octanol–water partition coefficient (Wildman–Crippen LogP) is 2.88. The molecule has 0 saturated carbocycles. The van der Waals surface area contributed by atoms with Crippen molar-refractivity contribution in [3.8, 4) is 0 Å². The molecule has 25 heavy (non-hydrogen) atoms. The molecule has 1 aromatic carbocycles. The average Bonchev–Trinajstić information content (AvgIpc) is 2.69. The number of carbonyl (C=O) groups is 1. The molecule has 0 radical (unpaired) electrons. The van der Waals surface area contributed by atoms with Crippen molar-refractivity contribution in [2.45, 2.75) is 44.9 Å². The maximum Gasteiger partial charge on any atom is 0.236 e. The van der Waals surface area contributed by atoms with Crippen LogP contribution in [-0.4, -0.2) is 60.1 Å². The lowest BCUT2D eigenvalue weighted by Crippen LogP contribution is -2.51. The molecular formula is C21H32N2O2. The van der Waals surface area contributed by atoms with Crippen LogP contribution in [0.25, 0.3) is 0 Å². The van der Waals surface area contributed by atoms with Gasteiger partial charge in [-0.15, -0.1) is 0 Å². The summed E-state index contributed by atoms with van der Waals surface area (Å²) in [7, 11) is 0. The number of aliphatic hydroxyl groups is 1. The minimum atomic E-state index is -0.0752. The molecule has 1 atom stereocenters. The van der Waals surface area contributed by atoms with E-state index in [0.717, 1.165) is 58.3 Å². The van der Waals surface area contributed by atoms with Crippen LogP contribution in [0.5, 0.6) is 0 Å². The fourth-order valence-corrected chi connectivity index (χ4v) is 4.39. The van der Waals surface area contributed by atoms with E-state index in [4.69, 9.17) is 0 Å². The van der Waals surface area contributed by atoms with E-state index in [1.54, 1.807) is 0 Å². The monoisotopic (exact) mass is 344 g/mol. The van der Waals surface area contributed by atoms with E-state index in [1.165, 1.54) is 5.56 Å². The number of aliphatic hydroxyl groups excluding tert-OH is 1. The highest BCUT2D eigenvalue weighted by Crippen LogP contribution is 2.33. The van der Waals surface area contributed by atoms with Crippen molar-refractivity contribution in [1.29, 1.82) is 0 Å². The van der Waals surface area contributed by atoms with Gasteiger partial charge in [-0.05, 0) is 56.7 Å². The Balaban J connectivity index is 1.49. The van der Waals surface area contributed by atoms with E-state index in [1.807, 2.05) is 4.90 Å². The first-order valence-electron chi connectivity index (χ1n) is 9.82. The molecule has 2 heterocycles. The molecule has 2 saturated heterocycles. The van der Waals surface area contributed by atoms with Crippen LogP contribution in [0.1, 0.15) is 50.5 Å². The van der Waals surface area contributed by atoms with E-state index in [-0.39, 0.29) is 17.9 Å². The van der Waals surface area contributed by atoms with Gasteiger partial charge in [0.1, 0.15) is 0 Å². The van der Waals surface area contributed by atoms with Crippen molar-refractivity contribution in [3.63, 3.8) is 0 Å². The first kappa shape index (κ1) is 18.4. The Kier molecular flexibility index (Phi) is 6.13. The summed E-state index contributed by atoms with van der Waals surface area (Å²) >= 11 is 0. The average molecular weight is 344 g/mol. The van der Waals surface area contributed by atoms with Crippen molar-refractivity contribution < 1.29 is 9.90 Å². The van der Waals surface area contributed by atoms with Gasteiger partial charge in [0.2, 0.25) is 5.91 Å². The summed E-state index contributed by atoms with van der Waals surface area (Å²) in [6.07, 6.45) is 5.25. The molecule has 1 N–H and O–H groups in total. The van der Waals surface area contributed by atoms with Crippen LogP contribution in [-0.2, 0) is 4.79 Å². The molecule has 0 aliphatic carbocycles. The molecule has 0 unspecified atom stereocenters. The zero-order valence-electron chi connectivity index (χ0n) is 15.5. The second kappa shape index (κ2) is 8.33. The Morgan fingerprint density at radius 3 is 2.56 bits per heavy atom. The number of hydrogen-bond acceptors (Lipinski definition) is 3. The van der Waals surface area contributed by atoms with Gasteiger partial charge in [-0.25, -0.2) is 0 Å². The molecule has 3 rings (SSSR count). The van der Waals surface area contributed by atoms with Crippen molar-refractivity contribution in [1.82, 2.24) is 9.80 Å². The first-order valence-corrected chi connectivity index (χ1v) is 9.82. The van der Waals surface area contributed by atoms with Gasteiger partial charge in [0.15, 0.2) is 0 Å². The fraction of sp³-hybridized carbons (Fsp3) is 0.667. The largest absolute Gasteiger partial charge is 0.396 e. The van der Waals surface area contributed by atoms with Gasteiger partial charge in [-0.2, -0.15) is 0 Å². The molecule has 138 valence electrons. The first-order chi connectivity index (χ1) is 12.2. The number of likely N-dealkylation sites (tertiary alicyclic amines) is 2. The zero-order valence-corrected chi connectivity index (χ0v) is 15.5. The lowest BCUT2D eigenvalue weighted by Gasteiger charge is -2.42. The highest BCUT2D eigenvalue weighted by Gasteiger charge is 2.35. The van der Waals surface area contributed by atoms with Gasteiger partial charge in [0, 0.05) is 18.5 Å². The van der Waals surface area contributed by atoms with Crippen LogP contribution in [0.15, 0.2) is 30.3 Å². The smallest absolute Gasteiger partial charge is 0.236 e. The number of hydrogen-bond donors (Lipinski definition) is 1. The van der Waals surface area contributed by atoms with Gasteiger partial charge in [-0.1, -0.05) is 37.3 Å². The third-order valence-corrected chi connectivity index (χ3v) is 6.32. The Bertz CT molecular complexity index is 548. The molecule has 0 spiro atoms. The number of carbonyl (C=O) groups excluding carboxylic acids is 1. The third kappa shape index (κ3) is 4.42. The molecule has 2 fully saturated rings. The van der Waals surface area contributed by atoms with Gasteiger partial charge in [0.25, 0.3) is 0 Å². The number of piperidine rings is 2. The summed E-state index contributed by atoms with van der Waals surface area (Å²) in [5, 5.41) is 9.75. The van der Waals surface area contributed by atoms with Crippen molar-refractivity contribution in [2.24, 2.45) is 5.41 Å². The summed E-state index contributed by atoms with van der Waals surface area (Å²) in [5.74, 6) is 0.869. The van der Waals surface area contributed by atoms with Crippen LogP contribution in [0.4, 0.5) is 0 Å². The highest BCUT2D eigenvalue weighted by molar-refractivity contribution is 5.78. The van der Waals surface area contributed by atoms with Crippen LogP contribution in [0, 0.1) is 5.41 Å². The molecule has 2 aliphatic rings. The molecule has 2 aliphatic heterocycles. The SMILES string of the molecule is CC[C@]1(CO)CCCN(C(=O)CN2CCC(c3ccccc3)CC2)C1. The Labute approximate surface area is 151 Å². The Morgan fingerprint density at radius 1 is 1.20 bits per heavy atom. The van der Waals surface area contributed by atoms with Gasteiger partial charge < -0.3 is 10.0 Å². The standard InChI is InChI=1S/C21H32N2O2/c1-2-21(17-24)11-6-12-23(16-21)20(25)15-22-13-9-19(10-14-22)18-7-4-3-5-8-18/h3-5,7-8,19,24H,2,6,9-17H2,1H3/t21-/m0/s1. The lowest BCUT2D eigenvalue weighted by atomic mass is 9.78. The van der Waals surface area contributed by atoms with E-state index >= 15 is 0 Å². The third-order valence-electron chi connectivity index (χ3n) is 6.32. The van der Waals surface area contributed by atoms with Crippen LogP contribution in [0.2, 0.25) is 0 Å². The summed E-state index contributed by atoms with van der Waals surface area (Å²) in [6, 6.07) is 10.7. The second-order valence-electron chi connectivity index (χ2n) is 7.89. The molecule has 1 amide bonds. The molecule has 4 nitrogen and oxygen atoms in total. The molecule has 0 aromatic heterocycles. The Hall–Kier alpha value is -1.39. The number of nitrogens with zero attached hydrogens (tertiary/aromatic N) is 2. The molecule has 4 heteroatoms. The topological polar surface area (TPSA) is 43.8 Å². The van der Waals surface area contributed by atoms with Crippen molar-refractivity contribution >= 4 is 5.91 Å². The highest BCUT2D eigenvalue weighted by atomic mass is 16.3. The second-order valence-corrected chi connectivity index (χ2v) is 7.89. The summed E-state index contributed by atoms with van der Waals surface area (Å²) in [5.41, 5.74) is 1.36. The normalized spacial score (nSPS) is 25.9. The van der Waals surface area contributed by atoms with Gasteiger partial charge >= 0.3 is 0 Å². The molecular weight excluding hydrogens is 312 g/mol. The van der Waals surface area contributed by atoms with Crippen LogP contribution < -0.4 is 0 Å². The maximum atomic E-state index is 12.7. The summed E-state index contributed by atoms with van der Waals surface area (Å²) < 4.78 is 0. The molecule has 1 aromatic rings. The van der Waals surface area contributed by atoms with E-state index < -0.39 is 0 Å². The van der Waals surface area contributed by atoms with Crippen LogP contribution in [0.3, 0.4) is 0 Å². The van der Waals surface area contributed by atoms with E-state index in [0.29, 0.717) is 12.5 Å². The number of benzene rings is 1. The quantitative estimate of drug-likeness (QED) is 0.893. The fourth-order valence-electron chi connectivity index (χ4n) is 4.39. The molecule has 0 bridgehead atoms. The predicted molar refractivity (Wildman–Crippen MR) is 100 cm³/mol. The van der Waals surface area contributed by atoms with E-state index in [9.17, 15) is 9.90 Å².